The fourth-order valence-corrected chi connectivity index (χ4v) is 6.24. The predicted octanol–water partition coefficient (Wildman–Crippen LogP) is 4.88. The number of unbranched alkanes of at least 4 members (excludes halogenated alkanes) is 1. The molecule has 0 radical (unpaired) electrons. The van der Waals surface area contributed by atoms with Gasteiger partial charge in [0, 0.05) is 32.4 Å². The lowest BCUT2D eigenvalue weighted by molar-refractivity contribution is 0.338. The van der Waals surface area contributed by atoms with Gasteiger partial charge in [-0.05, 0) is 30.0 Å². The smallest absolute Gasteiger partial charge is 0.181 e. The van der Waals surface area contributed by atoms with Gasteiger partial charge < -0.3 is 14.5 Å². The second-order valence-corrected chi connectivity index (χ2v) is 10.4. The third-order valence-corrected chi connectivity index (χ3v) is 7.72. The van der Waals surface area contributed by atoms with Gasteiger partial charge in [0.25, 0.3) is 0 Å². The Morgan fingerprint density at radius 1 is 1.17 bits per heavy atom. The molecule has 158 valence electrons. The summed E-state index contributed by atoms with van der Waals surface area (Å²) in [5.41, 5.74) is 2.25. The maximum Gasteiger partial charge on any atom is 0.181 e. The molecule has 0 fully saturated rings. The Bertz CT molecular complexity index is 958. The number of benzene rings is 2. The zero-order valence-electron chi connectivity index (χ0n) is 18.1. The summed E-state index contributed by atoms with van der Waals surface area (Å²) in [5.74, 6) is 0.711. The molecule has 0 aliphatic carbocycles. The van der Waals surface area contributed by atoms with E-state index in [9.17, 15) is 8.42 Å². The minimum absolute atomic E-state index is 0.140. The predicted molar refractivity (Wildman–Crippen MR) is 120 cm³/mol. The Kier molecular flexibility index (Phi) is 6.13. The molecule has 29 heavy (non-hydrogen) atoms. The van der Waals surface area contributed by atoms with E-state index < -0.39 is 9.84 Å². The first kappa shape index (κ1) is 21.5. The van der Waals surface area contributed by atoms with Crippen LogP contribution in [0, 0.1) is 5.41 Å². The first-order chi connectivity index (χ1) is 13.7. The Balaban J connectivity index is 2.27. The molecular weight excluding hydrogens is 384 g/mol. The van der Waals surface area contributed by atoms with Crippen molar-refractivity contribution >= 4 is 26.9 Å². The maximum absolute atomic E-state index is 13.5. The number of ether oxygens (including phenoxy) is 1. The van der Waals surface area contributed by atoms with E-state index >= 15 is 0 Å². The molecule has 0 amide bonds. The summed E-state index contributed by atoms with van der Waals surface area (Å²) in [4.78, 5) is 4.47. The SMILES string of the molecule is CCCCC1(C)CN(c2ccccc2)c2cc(N(C)C)c(OC)cc2S(=O)(=O)C1. The highest BCUT2D eigenvalue weighted by Crippen LogP contribution is 2.46. The van der Waals surface area contributed by atoms with E-state index in [0.29, 0.717) is 17.2 Å². The van der Waals surface area contributed by atoms with Crippen molar-refractivity contribution in [1.82, 2.24) is 0 Å². The molecule has 1 aliphatic heterocycles. The number of para-hydroxylation sites is 1. The van der Waals surface area contributed by atoms with Gasteiger partial charge >= 0.3 is 0 Å². The summed E-state index contributed by atoms with van der Waals surface area (Å²) in [6.45, 7) is 4.90. The molecule has 1 aliphatic rings. The summed E-state index contributed by atoms with van der Waals surface area (Å²) >= 11 is 0. The van der Waals surface area contributed by atoms with Crippen LogP contribution in [0.15, 0.2) is 47.4 Å². The highest BCUT2D eigenvalue weighted by atomic mass is 32.2. The van der Waals surface area contributed by atoms with E-state index in [1.54, 1.807) is 13.2 Å². The zero-order chi connectivity index (χ0) is 21.2. The Hall–Kier alpha value is -2.21. The number of hydrogen-bond donors (Lipinski definition) is 0. The molecule has 0 aromatic heterocycles. The lowest BCUT2D eigenvalue weighted by Crippen LogP contribution is -2.35. The standard InChI is InChI=1S/C23H32N2O3S/c1-6-7-13-23(2)16-25(18-11-9-8-10-12-18)20-14-19(24(3)4)21(28-5)15-22(20)29(26,27)17-23/h8-12,14-15H,6-7,13,16-17H2,1-5H3. The van der Waals surface area contributed by atoms with E-state index in [0.717, 1.165) is 36.3 Å². The third kappa shape index (κ3) is 4.37. The van der Waals surface area contributed by atoms with Crippen molar-refractivity contribution in [3.63, 3.8) is 0 Å². The molecule has 1 atom stereocenters. The summed E-state index contributed by atoms with van der Waals surface area (Å²) < 4.78 is 32.5. The van der Waals surface area contributed by atoms with Gasteiger partial charge in [-0.1, -0.05) is 44.9 Å². The summed E-state index contributed by atoms with van der Waals surface area (Å²) in [6, 6.07) is 13.7. The van der Waals surface area contributed by atoms with Crippen molar-refractivity contribution in [2.45, 2.75) is 38.0 Å². The summed E-state index contributed by atoms with van der Waals surface area (Å²) in [5, 5.41) is 0. The molecule has 1 heterocycles. The second kappa shape index (κ2) is 8.27. The highest BCUT2D eigenvalue weighted by Gasteiger charge is 2.40. The third-order valence-electron chi connectivity index (χ3n) is 5.65. The number of anilines is 3. The fraction of sp³-hybridized carbons (Fsp3) is 0.478. The second-order valence-electron chi connectivity index (χ2n) is 8.48. The fourth-order valence-electron chi connectivity index (χ4n) is 4.15. The van der Waals surface area contributed by atoms with E-state index in [2.05, 4.69) is 18.7 Å². The molecule has 0 saturated carbocycles. The molecular formula is C23H32N2O3S. The van der Waals surface area contributed by atoms with Crippen LogP contribution in [-0.2, 0) is 9.84 Å². The number of sulfone groups is 1. The lowest BCUT2D eigenvalue weighted by Gasteiger charge is -2.34. The molecule has 5 nitrogen and oxygen atoms in total. The van der Waals surface area contributed by atoms with Gasteiger partial charge in [-0.2, -0.15) is 0 Å². The van der Waals surface area contributed by atoms with Crippen LogP contribution in [0.2, 0.25) is 0 Å². The molecule has 2 aromatic rings. The monoisotopic (exact) mass is 416 g/mol. The van der Waals surface area contributed by atoms with Crippen molar-refractivity contribution in [2.24, 2.45) is 5.41 Å². The highest BCUT2D eigenvalue weighted by molar-refractivity contribution is 7.91. The van der Waals surface area contributed by atoms with Crippen LogP contribution in [-0.4, -0.2) is 41.9 Å². The first-order valence-corrected chi connectivity index (χ1v) is 11.8. The maximum atomic E-state index is 13.5. The molecule has 1 unspecified atom stereocenters. The van der Waals surface area contributed by atoms with Gasteiger partial charge in [-0.25, -0.2) is 8.42 Å². The number of hydrogen-bond acceptors (Lipinski definition) is 5. The Labute approximate surface area is 175 Å². The summed E-state index contributed by atoms with van der Waals surface area (Å²) in [6.07, 6.45) is 2.93. The van der Waals surface area contributed by atoms with Crippen LogP contribution in [0.1, 0.15) is 33.1 Å². The van der Waals surface area contributed by atoms with E-state index in [1.807, 2.05) is 55.4 Å². The normalized spacial score (nSPS) is 20.7. The summed E-state index contributed by atoms with van der Waals surface area (Å²) in [7, 11) is 1.99. The van der Waals surface area contributed by atoms with E-state index in [-0.39, 0.29) is 11.2 Å². The molecule has 3 rings (SSSR count). The Morgan fingerprint density at radius 2 is 1.86 bits per heavy atom. The number of fused-ring (bicyclic) bond motifs is 1. The van der Waals surface area contributed by atoms with Crippen molar-refractivity contribution in [3.8, 4) is 5.75 Å². The van der Waals surface area contributed by atoms with Gasteiger partial charge in [-0.15, -0.1) is 0 Å². The van der Waals surface area contributed by atoms with Gasteiger partial charge in [0.1, 0.15) is 5.75 Å². The van der Waals surface area contributed by atoms with Crippen molar-refractivity contribution in [1.29, 1.82) is 0 Å². The molecule has 2 aromatic carbocycles. The minimum Gasteiger partial charge on any atom is -0.495 e. The zero-order valence-corrected chi connectivity index (χ0v) is 18.9. The van der Waals surface area contributed by atoms with Gasteiger partial charge in [0.15, 0.2) is 9.84 Å². The van der Waals surface area contributed by atoms with Crippen LogP contribution < -0.4 is 14.5 Å². The van der Waals surface area contributed by atoms with Gasteiger partial charge in [0.2, 0.25) is 0 Å². The van der Waals surface area contributed by atoms with Crippen LogP contribution in [0.25, 0.3) is 0 Å². The number of methoxy groups -OCH3 is 1. The molecule has 0 saturated heterocycles. The van der Waals surface area contributed by atoms with Crippen LogP contribution in [0.3, 0.4) is 0 Å². The number of rotatable bonds is 6. The van der Waals surface area contributed by atoms with Crippen molar-refractivity contribution in [3.05, 3.63) is 42.5 Å². The largest absolute Gasteiger partial charge is 0.495 e. The molecule has 0 bridgehead atoms. The van der Waals surface area contributed by atoms with Crippen LogP contribution >= 0.6 is 0 Å². The van der Waals surface area contributed by atoms with E-state index in [1.165, 1.54) is 0 Å². The minimum atomic E-state index is -3.47. The van der Waals surface area contributed by atoms with Crippen molar-refractivity contribution in [2.75, 3.05) is 43.3 Å². The van der Waals surface area contributed by atoms with Crippen LogP contribution in [0.5, 0.6) is 5.75 Å². The van der Waals surface area contributed by atoms with Crippen molar-refractivity contribution < 1.29 is 13.2 Å². The number of nitrogens with zero attached hydrogens (tertiary/aromatic N) is 2. The van der Waals surface area contributed by atoms with Crippen LogP contribution in [0.4, 0.5) is 17.1 Å². The van der Waals surface area contributed by atoms with E-state index in [4.69, 9.17) is 4.74 Å². The van der Waals surface area contributed by atoms with Gasteiger partial charge in [0.05, 0.1) is 29.1 Å². The molecule has 0 N–H and O–H groups in total. The lowest BCUT2D eigenvalue weighted by atomic mass is 9.86. The average Bonchev–Trinajstić information content (AvgIpc) is 2.78. The topological polar surface area (TPSA) is 49.9 Å². The molecule has 0 spiro atoms. The Morgan fingerprint density at radius 3 is 2.45 bits per heavy atom. The molecule has 6 heteroatoms. The quantitative estimate of drug-likeness (QED) is 0.671. The van der Waals surface area contributed by atoms with Gasteiger partial charge in [-0.3, -0.25) is 0 Å². The first-order valence-electron chi connectivity index (χ1n) is 10.2. The average molecular weight is 417 g/mol.